The van der Waals surface area contributed by atoms with Crippen LogP contribution in [0.5, 0.6) is 0 Å². The fourth-order valence-corrected chi connectivity index (χ4v) is 6.23. The fourth-order valence-electron chi connectivity index (χ4n) is 4.49. The number of hydrogen-bond acceptors (Lipinski definition) is 6. The molecule has 8 heteroatoms. The Balaban J connectivity index is 1.38. The lowest BCUT2D eigenvalue weighted by molar-refractivity contribution is 0.0935. The molecule has 6 nitrogen and oxygen atoms in total. The molecule has 0 amide bonds. The van der Waals surface area contributed by atoms with Crippen molar-refractivity contribution < 1.29 is 13.5 Å². The number of aliphatic hydroxyl groups is 1. The molecule has 2 heterocycles. The summed E-state index contributed by atoms with van der Waals surface area (Å²) in [5.41, 5.74) is 3.51. The maximum atomic E-state index is 11.2. The summed E-state index contributed by atoms with van der Waals surface area (Å²) in [7, 11) is -3.39. The summed E-state index contributed by atoms with van der Waals surface area (Å²) in [6.07, 6.45) is 2.06. The molecule has 0 bridgehead atoms. The molecule has 2 aliphatic heterocycles. The quantitative estimate of drug-likeness (QED) is 0.658. The van der Waals surface area contributed by atoms with E-state index >= 15 is 0 Å². The third-order valence-electron chi connectivity index (χ3n) is 6.16. The summed E-state index contributed by atoms with van der Waals surface area (Å²) >= 11 is 1.78. The molecular weight excluding hydrogens is 430 g/mol. The lowest BCUT2D eigenvalue weighted by Gasteiger charge is -2.37. The van der Waals surface area contributed by atoms with Crippen LogP contribution in [0.3, 0.4) is 0 Å². The Bertz CT molecular complexity index is 1020. The summed E-state index contributed by atoms with van der Waals surface area (Å²) in [5.74, 6) is 0.457. The van der Waals surface area contributed by atoms with E-state index in [4.69, 9.17) is 5.14 Å². The highest BCUT2D eigenvalue weighted by Gasteiger charge is 2.27. The third-order valence-corrected chi connectivity index (χ3v) is 8.10. The number of anilines is 2. The molecule has 4 rings (SSSR count). The molecule has 31 heavy (non-hydrogen) atoms. The third kappa shape index (κ3) is 5.81. The van der Waals surface area contributed by atoms with Crippen LogP contribution in [0.4, 0.5) is 11.4 Å². The second-order valence-corrected chi connectivity index (χ2v) is 11.5. The van der Waals surface area contributed by atoms with Gasteiger partial charge in [0.25, 0.3) is 0 Å². The largest absolute Gasteiger partial charge is 0.390 e. The number of sulfonamides is 1. The van der Waals surface area contributed by atoms with Crippen molar-refractivity contribution >= 4 is 33.2 Å². The standard InChI is InChI=1S/C23H31N3O3S2/c1-17-6-7-23-21(14-17)26(20-4-2-3-5-22(20)30-23)16-19(27)15-25-11-8-18(9-12-25)10-13-31(24,28)29/h2-7,14,18-19,27H,8-13,15-16H2,1H3,(H2,24,28,29). The van der Waals surface area contributed by atoms with Crippen molar-refractivity contribution in [1.82, 2.24) is 4.90 Å². The predicted molar refractivity (Wildman–Crippen MR) is 127 cm³/mol. The fraction of sp³-hybridized carbons (Fsp3) is 0.478. The maximum Gasteiger partial charge on any atom is 0.209 e. The molecule has 2 aromatic carbocycles. The number of primary sulfonamides is 1. The van der Waals surface area contributed by atoms with Crippen LogP contribution in [0.2, 0.25) is 0 Å². The average molecular weight is 462 g/mol. The van der Waals surface area contributed by atoms with E-state index in [0.29, 0.717) is 25.4 Å². The van der Waals surface area contributed by atoms with Gasteiger partial charge in [-0.25, -0.2) is 13.6 Å². The zero-order valence-corrected chi connectivity index (χ0v) is 19.5. The van der Waals surface area contributed by atoms with Gasteiger partial charge in [0.2, 0.25) is 10.0 Å². The van der Waals surface area contributed by atoms with E-state index in [2.05, 4.69) is 53.1 Å². The van der Waals surface area contributed by atoms with Crippen LogP contribution in [0.15, 0.2) is 52.3 Å². The van der Waals surface area contributed by atoms with E-state index in [1.807, 2.05) is 6.07 Å². The Morgan fingerprint density at radius 2 is 1.81 bits per heavy atom. The number of nitrogens with zero attached hydrogens (tertiary/aromatic N) is 2. The summed E-state index contributed by atoms with van der Waals surface area (Å²) in [4.78, 5) is 6.96. The van der Waals surface area contributed by atoms with Crippen molar-refractivity contribution in [2.75, 3.05) is 36.8 Å². The van der Waals surface area contributed by atoms with E-state index in [9.17, 15) is 13.5 Å². The number of aliphatic hydroxyl groups excluding tert-OH is 1. The highest BCUT2D eigenvalue weighted by Crippen LogP contribution is 2.48. The number of benzene rings is 2. The van der Waals surface area contributed by atoms with Crippen molar-refractivity contribution in [3.8, 4) is 0 Å². The Labute approximate surface area is 189 Å². The zero-order valence-electron chi connectivity index (χ0n) is 17.9. The maximum absolute atomic E-state index is 11.2. The van der Waals surface area contributed by atoms with Crippen molar-refractivity contribution in [2.45, 2.75) is 42.1 Å². The van der Waals surface area contributed by atoms with E-state index in [1.165, 1.54) is 15.4 Å². The van der Waals surface area contributed by atoms with Gasteiger partial charge in [-0.15, -0.1) is 0 Å². The first-order valence-electron chi connectivity index (χ1n) is 10.8. The van der Waals surface area contributed by atoms with E-state index in [0.717, 1.165) is 37.3 Å². The molecule has 0 radical (unpaired) electrons. The summed E-state index contributed by atoms with van der Waals surface area (Å²) < 4.78 is 22.4. The van der Waals surface area contributed by atoms with Crippen molar-refractivity contribution in [3.63, 3.8) is 0 Å². The molecule has 168 valence electrons. The first-order chi connectivity index (χ1) is 14.8. The topological polar surface area (TPSA) is 86.9 Å². The molecule has 0 saturated carbocycles. The van der Waals surface area contributed by atoms with E-state index in [1.54, 1.807) is 11.8 Å². The zero-order chi connectivity index (χ0) is 22.0. The SMILES string of the molecule is Cc1ccc2c(c1)N(CC(O)CN1CCC(CCS(N)(=O)=O)CC1)c1ccccc1S2. The Kier molecular flexibility index (Phi) is 6.93. The van der Waals surface area contributed by atoms with Crippen molar-refractivity contribution in [1.29, 1.82) is 0 Å². The van der Waals surface area contributed by atoms with Crippen LogP contribution < -0.4 is 10.0 Å². The van der Waals surface area contributed by atoms with Crippen LogP contribution in [0.1, 0.15) is 24.8 Å². The molecule has 0 aliphatic carbocycles. The summed E-state index contributed by atoms with van der Waals surface area (Å²) in [6.45, 7) is 5.03. The Hall–Kier alpha value is -1.58. The number of hydrogen-bond donors (Lipinski definition) is 2. The highest BCUT2D eigenvalue weighted by molar-refractivity contribution is 7.99. The minimum absolute atomic E-state index is 0.0610. The minimum atomic E-state index is -3.39. The van der Waals surface area contributed by atoms with Crippen LogP contribution in [-0.2, 0) is 10.0 Å². The number of nitrogens with two attached hydrogens (primary N) is 1. The number of likely N-dealkylation sites (tertiary alicyclic amines) is 1. The van der Waals surface area contributed by atoms with Crippen LogP contribution in [-0.4, -0.2) is 56.5 Å². The van der Waals surface area contributed by atoms with Gasteiger partial charge in [-0.3, -0.25) is 0 Å². The second-order valence-electron chi connectivity index (χ2n) is 8.71. The number of fused-ring (bicyclic) bond motifs is 2. The van der Waals surface area contributed by atoms with Gasteiger partial charge in [-0.2, -0.15) is 0 Å². The second kappa shape index (κ2) is 9.50. The van der Waals surface area contributed by atoms with Crippen molar-refractivity contribution in [3.05, 3.63) is 48.0 Å². The summed E-state index contributed by atoms with van der Waals surface area (Å²) in [6, 6.07) is 14.9. The molecule has 0 aromatic heterocycles. The number of aryl methyl sites for hydroxylation is 1. The Morgan fingerprint density at radius 1 is 1.10 bits per heavy atom. The van der Waals surface area contributed by atoms with E-state index < -0.39 is 16.1 Å². The van der Waals surface area contributed by atoms with E-state index in [-0.39, 0.29) is 5.75 Å². The number of para-hydroxylation sites is 1. The molecule has 3 N–H and O–H groups in total. The lowest BCUT2D eigenvalue weighted by Crippen LogP contribution is -2.43. The van der Waals surface area contributed by atoms with Gasteiger partial charge in [0.15, 0.2) is 0 Å². The molecule has 2 aromatic rings. The number of piperidine rings is 1. The smallest absolute Gasteiger partial charge is 0.209 e. The molecule has 0 spiro atoms. The average Bonchev–Trinajstić information content (AvgIpc) is 2.73. The van der Waals surface area contributed by atoms with Crippen LogP contribution in [0.25, 0.3) is 0 Å². The first-order valence-corrected chi connectivity index (χ1v) is 13.4. The van der Waals surface area contributed by atoms with Gasteiger partial charge >= 0.3 is 0 Å². The first kappa shape index (κ1) is 22.6. The van der Waals surface area contributed by atoms with Crippen LogP contribution >= 0.6 is 11.8 Å². The molecule has 1 fully saturated rings. The lowest BCUT2D eigenvalue weighted by atomic mass is 9.94. The number of rotatable bonds is 7. The van der Waals surface area contributed by atoms with Gasteiger partial charge in [0.05, 0.1) is 29.8 Å². The molecule has 1 unspecified atom stereocenters. The van der Waals surface area contributed by atoms with Crippen LogP contribution in [0, 0.1) is 12.8 Å². The minimum Gasteiger partial charge on any atom is -0.390 e. The van der Waals surface area contributed by atoms with Gasteiger partial charge in [-0.05, 0) is 75.0 Å². The van der Waals surface area contributed by atoms with Gasteiger partial charge in [0.1, 0.15) is 0 Å². The monoisotopic (exact) mass is 461 g/mol. The molecule has 1 atom stereocenters. The number of β-amino-alcohol motifs (C(OH)–C–C–N with tert-alkyl or cyclic N) is 1. The normalized spacial score (nSPS) is 18.5. The predicted octanol–water partition coefficient (Wildman–Crippen LogP) is 3.35. The summed E-state index contributed by atoms with van der Waals surface area (Å²) in [5, 5.41) is 16.1. The Morgan fingerprint density at radius 3 is 2.55 bits per heavy atom. The molecular formula is C23H31N3O3S2. The molecule has 2 aliphatic rings. The highest BCUT2D eigenvalue weighted by atomic mass is 32.2. The van der Waals surface area contributed by atoms with Gasteiger partial charge in [0, 0.05) is 16.3 Å². The van der Waals surface area contributed by atoms with Gasteiger partial charge < -0.3 is 14.9 Å². The van der Waals surface area contributed by atoms with Crippen molar-refractivity contribution in [2.24, 2.45) is 11.1 Å². The molecule has 1 saturated heterocycles. The van der Waals surface area contributed by atoms with Gasteiger partial charge in [-0.1, -0.05) is 30.0 Å².